The maximum atomic E-state index is 4.44. The molecule has 3 nitrogen and oxygen atoms in total. The van der Waals surface area contributed by atoms with E-state index in [2.05, 4.69) is 35.9 Å². The van der Waals surface area contributed by atoms with Crippen molar-refractivity contribution in [2.45, 2.75) is 20.3 Å². The van der Waals surface area contributed by atoms with Crippen LogP contribution in [0.1, 0.15) is 18.2 Å². The Bertz CT molecular complexity index is 512. The van der Waals surface area contributed by atoms with E-state index in [0.29, 0.717) is 0 Å². The molecule has 1 heterocycles. The first-order valence-corrected chi connectivity index (χ1v) is 5.38. The molecule has 82 valence electrons. The van der Waals surface area contributed by atoms with Crippen LogP contribution in [-0.2, 0) is 6.42 Å². The molecule has 0 saturated heterocycles. The Morgan fingerprint density at radius 1 is 1.38 bits per heavy atom. The summed E-state index contributed by atoms with van der Waals surface area (Å²) in [5.74, 6) is 0.790. The molecule has 0 radical (unpaired) electrons. The van der Waals surface area contributed by atoms with Gasteiger partial charge in [0.25, 0.3) is 0 Å². The van der Waals surface area contributed by atoms with Crippen molar-refractivity contribution in [3.8, 4) is 5.69 Å². The molecule has 3 heteroatoms. The van der Waals surface area contributed by atoms with E-state index in [1.54, 1.807) is 0 Å². The van der Waals surface area contributed by atoms with Crippen LogP contribution in [0.25, 0.3) is 5.69 Å². The highest BCUT2D eigenvalue weighted by Gasteiger charge is 2.08. The van der Waals surface area contributed by atoms with E-state index in [9.17, 15) is 0 Å². The van der Waals surface area contributed by atoms with Crippen molar-refractivity contribution in [2.75, 3.05) is 0 Å². The zero-order chi connectivity index (χ0) is 11.5. The molecule has 0 aliphatic rings. The van der Waals surface area contributed by atoms with Crippen LogP contribution in [-0.4, -0.2) is 16.5 Å². The van der Waals surface area contributed by atoms with Gasteiger partial charge in [0.05, 0.1) is 11.4 Å². The number of hydrogen-bond acceptors (Lipinski definition) is 2. The Kier molecular flexibility index (Phi) is 2.86. The number of rotatable bonds is 3. The molecule has 0 spiro atoms. The zero-order valence-electron chi connectivity index (χ0n) is 9.64. The number of aryl methyl sites for hydroxylation is 2. The second kappa shape index (κ2) is 4.31. The highest BCUT2D eigenvalue weighted by molar-refractivity contribution is 5.50. The van der Waals surface area contributed by atoms with Crippen molar-refractivity contribution in [2.24, 2.45) is 4.99 Å². The highest BCUT2D eigenvalue weighted by atomic mass is 15.3. The first-order valence-electron chi connectivity index (χ1n) is 5.38. The third-order valence-electron chi connectivity index (χ3n) is 2.58. The first kappa shape index (κ1) is 10.6. The number of hydrogen-bond donors (Lipinski definition) is 0. The van der Waals surface area contributed by atoms with Gasteiger partial charge in [-0.15, -0.1) is 0 Å². The van der Waals surface area contributed by atoms with Crippen molar-refractivity contribution in [1.82, 2.24) is 9.78 Å². The van der Waals surface area contributed by atoms with Gasteiger partial charge in [0, 0.05) is 6.07 Å². The average molecular weight is 213 g/mol. The molecule has 0 amide bonds. The number of aromatic nitrogens is 2. The number of aliphatic imine (C=N–C) groups is 1. The van der Waals surface area contributed by atoms with Gasteiger partial charge in [-0.05, 0) is 31.7 Å². The lowest BCUT2D eigenvalue weighted by molar-refractivity contribution is 0.849. The summed E-state index contributed by atoms with van der Waals surface area (Å²) in [7, 11) is 0. The monoisotopic (exact) mass is 213 g/mol. The van der Waals surface area contributed by atoms with Gasteiger partial charge in [0.15, 0.2) is 5.82 Å². The van der Waals surface area contributed by atoms with E-state index in [1.807, 2.05) is 29.8 Å². The molecule has 0 N–H and O–H groups in total. The summed E-state index contributed by atoms with van der Waals surface area (Å²) in [6, 6.07) is 10.1. The van der Waals surface area contributed by atoms with Crippen molar-refractivity contribution < 1.29 is 0 Å². The van der Waals surface area contributed by atoms with Gasteiger partial charge in [-0.25, -0.2) is 9.67 Å². The maximum absolute atomic E-state index is 4.44. The van der Waals surface area contributed by atoms with Gasteiger partial charge >= 0.3 is 0 Å². The zero-order valence-corrected chi connectivity index (χ0v) is 9.64. The van der Waals surface area contributed by atoms with E-state index in [4.69, 9.17) is 0 Å². The van der Waals surface area contributed by atoms with Crippen LogP contribution in [0.15, 0.2) is 35.3 Å². The van der Waals surface area contributed by atoms with Crippen LogP contribution in [0.3, 0.4) is 0 Å². The van der Waals surface area contributed by atoms with Gasteiger partial charge in [-0.2, -0.15) is 5.10 Å². The lowest BCUT2D eigenvalue weighted by Crippen LogP contribution is -2.00. The fourth-order valence-corrected chi connectivity index (χ4v) is 1.79. The fourth-order valence-electron chi connectivity index (χ4n) is 1.79. The summed E-state index contributed by atoms with van der Waals surface area (Å²) >= 11 is 0. The Hall–Kier alpha value is -1.90. The lowest BCUT2D eigenvalue weighted by atomic mass is 10.1. The molecule has 16 heavy (non-hydrogen) atoms. The van der Waals surface area contributed by atoms with Crippen molar-refractivity contribution in [3.05, 3.63) is 41.6 Å². The number of benzene rings is 1. The third kappa shape index (κ3) is 1.76. The SMILES string of the molecule is C=Nc1cc(C)nn1-c1ccccc1CC. The van der Waals surface area contributed by atoms with E-state index in [0.717, 1.165) is 23.6 Å². The summed E-state index contributed by atoms with van der Waals surface area (Å²) in [5, 5.41) is 4.44. The van der Waals surface area contributed by atoms with Crippen LogP contribution < -0.4 is 0 Å². The Balaban J connectivity index is 2.61. The van der Waals surface area contributed by atoms with Crippen LogP contribution >= 0.6 is 0 Å². The van der Waals surface area contributed by atoms with Gasteiger partial charge in [0.2, 0.25) is 0 Å². The van der Waals surface area contributed by atoms with Crippen LogP contribution in [0.2, 0.25) is 0 Å². The molecule has 0 aliphatic carbocycles. The molecule has 0 unspecified atom stereocenters. The largest absolute Gasteiger partial charge is 0.245 e. The van der Waals surface area contributed by atoms with Gasteiger partial charge in [0.1, 0.15) is 0 Å². The molecule has 1 aromatic carbocycles. The molecule has 0 bridgehead atoms. The average Bonchev–Trinajstić information content (AvgIpc) is 2.70. The fraction of sp³-hybridized carbons (Fsp3) is 0.231. The molecule has 0 saturated carbocycles. The van der Waals surface area contributed by atoms with Crippen molar-refractivity contribution >= 4 is 12.5 Å². The first-order chi connectivity index (χ1) is 7.76. The Morgan fingerprint density at radius 3 is 2.81 bits per heavy atom. The third-order valence-corrected chi connectivity index (χ3v) is 2.58. The predicted molar refractivity (Wildman–Crippen MR) is 66.9 cm³/mol. The van der Waals surface area contributed by atoms with Crippen LogP contribution in [0, 0.1) is 6.92 Å². The molecule has 0 atom stereocenters. The molecular formula is C13H15N3. The molecule has 2 aromatic rings. The van der Waals surface area contributed by atoms with Crippen molar-refractivity contribution in [3.63, 3.8) is 0 Å². The smallest absolute Gasteiger partial charge is 0.155 e. The molecule has 0 aliphatic heterocycles. The Morgan fingerprint density at radius 2 is 2.12 bits per heavy atom. The maximum Gasteiger partial charge on any atom is 0.155 e. The normalized spacial score (nSPS) is 10.4. The molecule has 2 rings (SSSR count). The minimum absolute atomic E-state index is 0.790. The predicted octanol–water partition coefficient (Wildman–Crippen LogP) is 3.08. The summed E-state index contributed by atoms with van der Waals surface area (Å²) < 4.78 is 1.85. The molecule has 1 aromatic heterocycles. The highest BCUT2D eigenvalue weighted by Crippen LogP contribution is 2.22. The topological polar surface area (TPSA) is 30.2 Å². The van der Waals surface area contributed by atoms with Crippen LogP contribution in [0.4, 0.5) is 5.82 Å². The summed E-state index contributed by atoms with van der Waals surface area (Å²) in [5.41, 5.74) is 3.30. The lowest BCUT2D eigenvalue weighted by Gasteiger charge is -2.08. The van der Waals surface area contributed by atoms with E-state index in [1.165, 1.54) is 5.56 Å². The van der Waals surface area contributed by atoms with Gasteiger partial charge in [-0.1, -0.05) is 25.1 Å². The van der Waals surface area contributed by atoms with Crippen LogP contribution in [0.5, 0.6) is 0 Å². The van der Waals surface area contributed by atoms with E-state index >= 15 is 0 Å². The minimum Gasteiger partial charge on any atom is -0.245 e. The Labute approximate surface area is 95.5 Å². The minimum atomic E-state index is 0.790. The molecule has 0 fully saturated rings. The quantitative estimate of drug-likeness (QED) is 0.721. The van der Waals surface area contributed by atoms with E-state index < -0.39 is 0 Å². The van der Waals surface area contributed by atoms with Crippen molar-refractivity contribution in [1.29, 1.82) is 0 Å². The summed E-state index contributed by atoms with van der Waals surface area (Å²) in [6.07, 6.45) is 0.978. The molecular weight excluding hydrogens is 198 g/mol. The number of para-hydroxylation sites is 1. The summed E-state index contributed by atoms with van der Waals surface area (Å²) in [6.45, 7) is 7.67. The van der Waals surface area contributed by atoms with Gasteiger partial charge in [-0.3, -0.25) is 0 Å². The van der Waals surface area contributed by atoms with E-state index in [-0.39, 0.29) is 0 Å². The standard InChI is InChI=1S/C13H15N3/c1-4-11-7-5-6-8-12(11)16-13(14-3)9-10(2)15-16/h5-9H,3-4H2,1-2H3. The van der Waals surface area contributed by atoms with Gasteiger partial charge < -0.3 is 0 Å². The second-order valence-electron chi connectivity index (χ2n) is 3.70. The summed E-state index contributed by atoms with van der Waals surface area (Å²) in [4.78, 5) is 3.99. The number of nitrogens with zero attached hydrogens (tertiary/aromatic N) is 3. The second-order valence-corrected chi connectivity index (χ2v) is 3.70.